The Morgan fingerprint density at radius 1 is 1.09 bits per heavy atom. The van der Waals surface area contributed by atoms with Gasteiger partial charge < -0.3 is 20.3 Å². The van der Waals surface area contributed by atoms with Gasteiger partial charge in [0.25, 0.3) is 5.91 Å². The lowest BCUT2D eigenvalue weighted by atomic mass is 10.1. The fourth-order valence-electron chi connectivity index (χ4n) is 3.09. The zero-order chi connectivity index (χ0) is 24.3. The molecule has 1 atom stereocenters. The zero-order valence-corrected chi connectivity index (χ0v) is 18.0. The van der Waals surface area contributed by atoms with Crippen LogP contribution in [0.15, 0.2) is 30.3 Å². The van der Waals surface area contributed by atoms with E-state index < -0.39 is 58.5 Å². The average molecular weight is 492 g/mol. The van der Waals surface area contributed by atoms with E-state index in [1.165, 1.54) is 17.0 Å². The molecule has 6 nitrogen and oxygen atoms in total. The van der Waals surface area contributed by atoms with E-state index in [0.717, 1.165) is 25.0 Å². The third-order valence-electron chi connectivity index (χ3n) is 4.91. The highest BCUT2D eigenvalue weighted by atomic mass is 35.5. The standard InChI is InChI=1S/C21H19ClF5N3O3/c1-11(21(25,26)27)33-17-10-16(28-20(32)30-7-2-3-8-30)15(24)9-12(17)19(31)29-18-13(22)5-4-6-14(18)23/h4-6,9-11H,2-3,7-8H2,1H3,(H,28,32)(H,29,31)/t11-/m0/s1. The van der Waals surface area contributed by atoms with Crippen molar-refractivity contribution in [3.63, 3.8) is 0 Å². The quantitative estimate of drug-likeness (QED) is 0.517. The molecule has 0 unspecified atom stereocenters. The van der Waals surface area contributed by atoms with Crippen LogP contribution < -0.4 is 15.4 Å². The molecule has 0 spiro atoms. The number of hydrogen-bond donors (Lipinski definition) is 2. The van der Waals surface area contributed by atoms with Crippen LogP contribution in [0, 0.1) is 11.6 Å². The second kappa shape index (κ2) is 9.82. The number of para-hydroxylation sites is 1. The first kappa shape index (κ1) is 24.6. The first-order chi connectivity index (χ1) is 15.5. The van der Waals surface area contributed by atoms with E-state index in [-0.39, 0.29) is 5.02 Å². The fraction of sp³-hybridized carbons (Fsp3) is 0.333. The number of halogens is 6. The molecule has 3 amide bonds. The van der Waals surface area contributed by atoms with Gasteiger partial charge in [0.1, 0.15) is 17.4 Å². The molecule has 2 aromatic rings. The summed E-state index contributed by atoms with van der Waals surface area (Å²) in [7, 11) is 0. The number of hydrogen-bond acceptors (Lipinski definition) is 3. The normalized spacial score (nSPS) is 14.7. The minimum atomic E-state index is -4.80. The van der Waals surface area contributed by atoms with Gasteiger partial charge in [-0.05, 0) is 38.0 Å². The van der Waals surface area contributed by atoms with Crippen LogP contribution in [0.3, 0.4) is 0 Å². The molecule has 2 aromatic carbocycles. The zero-order valence-electron chi connectivity index (χ0n) is 17.2. The summed E-state index contributed by atoms with van der Waals surface area (Å²) in [5.74, 6) is -3.83. The highest BCUT2D eigenvalue weighted by Gasteiger charge is 2.39. The summed E-state index contributed by atoms with van der Waals surface area (Å²) in [6, 6.07) is 4.30. The number of benzene rings is 2. The Bertz CT molecular complexity index is 1040. The number of amides is 3. The first-order valence-corrected chi connectivity index (χ1v) is 10.2. The van der Waals surface area contributed by atoms with Crippen LogP contribution in [-0.4, -0.2) is 42.2 Å². The van der Waals surface area contributed by atoms with Crippen LogP contribution in [0.2, 0.25) is 5.02 Å². The van der Waals surface area contributed by atoms with Crippen LogP contribution in [0.5, 0.6) is 5.75 Å². The SMILES string of the molecule is C[C@H](Oc1cc(NC(=O)N2CCCC2)c(F)cc1C(=O)Nc1c(F)cccc1Cl)C(F)(F)F. The number of urea groups is 1. The van der Waals surface area contributed by atoms with Crippen molar-refractivity contribution in [2.24, 2.45) is 0 Å². The van der Waals surface area contributed by atoms with Crippen molar-refractivity contribution >= 4 is 34.9 Å². The molecule has 0 saturated carbocycles. The third kappa shape index (κ3) is 5.84. The van der Waals surface area contributed by atoms with Crippen molar-refractivity contribution in [3.8, 4) is 5.75 Å². The lowest BCUT2D eigenvalue weighted by Crippen LogP contribution is -2.33. The molecule has 33 heavy (non-hydrogen) atoms. The van der Waals surface area contributed by atoms with Crippen molar-refractivity contribution in [1.82, 2.24) is 4.90 Å². The predicted octanol–water partition coefficient (Wildman–Crippen LogP) is 5.83. The Balaban J connectivity index is 1.95. The number of nitrogens with one attached hydrogen (secondary N) is 2. The second-order valence-corrected chi connectivity index (χ2v) is 7.71. The molecule has 3 rings (SSSR count). The number of nitrogens with zero attached hydrogens (tertiary/aromatic N) is 1. The van der Waals surface area contributed by atoms with E-state index in [2.05, 4.69) is 10.6 Å². The van der Waals surface area contributed by atoms with Crippen LogP contribution in [0.4, 0.5) is 38.1 Å². The second-order valence-electron chi connectivity index (χ2n) is 7.30. The van der Waals surface area contributed by atoms with E-state index in [1.807, 2.05) is 0 Å². The van der Waals surface area contributed by atoms with Crippen molar-refractivity contribution in [1.29, 1.82) is 0 Å². The fourth-order valence-corrected chi connectivity index (χ4v) is 3.30. The minimum Gasteiger partial charge on any atom is -0.480 e. The van der Waals surface area contributed by atoms with Gasteiger partial charge in [-0.2, -0.15) is 13.2 Å². The molecule has 12 heteroatoms. The molecule has 1 saturated heterocycles. The molecule has 0 radical (unpaired) electrons. The Morgan fingerprint density at radius 2 is 1.76 bits per heavy atom. The van der Waals surface area contributed by atoms with Crippen LogP contribution in [0.25, 0.3) is 0 Å². The molecule has 0 bridgehead atoms. The summed E-state index contributed by atoms with van der Waals surface area (Å²) in [4.78, 5) is 26.4. The number of ether oxygens (including phenoxy) is 1. The monoisotopic (exact) mass is 491 g/mol. The van der Waals surface area contributed by atoms with Crippen molar-refractivity contribution < 1.29 is 36.3 Å². The molecule has 1 aliphatic rings. The summed E-state index contributed by atoms with van der Waals surface area (Å²) in [6.45, 7) is 1.60. The lowest BCUT2D eigenvalue weighted by Gasteiger charge is -2.22. The average Bonchev–Trinajstić information content (AvgIpc) is 3.27. The van der Waals surface area contributed by atoms with Gasteiger partial charge >= 0.3 is 12.2 Å². The van der Waals surface area contributed by atoms with Gasteiger partial charge in [0.05, 0.1) is 22.0 Å². The van der Waals surface area contributed by atoms with E-state index in [4.69, 9.17) is 16.3 Å². The van der Waals surface area contributed by atoms with E-state index >= 15 is 0 Å². The Kier molecular flexibility index (Phi) is 7.31. The number of carbonyl (C=O) groups excluding carboxylic acids is 2. The van der Waals surface area contributed by atoms with Crippen LogP contribution >= 0.6 is 11.6 Å². The molecule has 1 fully saturated rings. The maximum absolute atomic E-state index is 14.7. The van der Waals surface area contributed by atoms with Crippen LogP contribution in [0.1, 0.15) is 30.1 Å². The number of carbonyl (C=O) groups is 2. The Hall–Kier alpha value is -3.08. The van der Waals surface area contributed by atoms with Crippen molar-refractivity contribution in [2.45, 2.75) is 32.0 Å². The molecule has 2 N–H and O–H groups in total. The highest BCUT2D eigenvalue weighted by molar-refractivity contribution is 6.34. The number of anilines is 2. The highest BCUT2D eigenvalue weighted by Crippen LogP contribution is 2.33. The maximum atomic E-state index is 14.7. The molecular formula is C21H19ClF5N3O3. The number of alkyl halides is 3. The molecular weight excluding hydrogens is 473 g/mol. The van der Waals surface area contributed by atoms with Crippen molar-refractivity contribution in [2.75, 3.05) is 23.7 Å². The molecule has 178 valence electrons. The van der Waals surface area contributed by atoms with Crippen molar-refractivity contribution in [3.05, 3.63) is 52.6 Å². The minimum absolute atomic E-state index is 0.176. The van der Waals surface area contributed by atoms with Gasteiger partial charge in [-0.25, -0.2) is 13.6 Å². The summed E-state index contributed by atoms with van der Waals surface area (Å²) in [5, 5.41) is 4.21. The third-order valence-corrected chi connectivity index (χ3v) is 5.23. The van der Waals surface area contributed by atoms with Gasteiger partial charge in [0.2, 0.25) is 0 Å². The Morgan fingerprint density at radius 3 is 2.36 bits per heavy atom. The lowest BCUT2D eigenvalue weighted by molar-refractivity contribution is -0.189. The van der Waals surface area contributed by atoms with E-state index in [1.54, 1.807) is 0 Å². The topological polar surface area (TPSA) is 70.7 Å². The van der Waals surface area contributed by atoms with Gasteiger partial charge in [-0.3, -0.25) is 4.79 Å². The summed E-state index contributed by atoms with van der Waals surface area (Å²) < 4.78 is 72.8. The smallest absolute Gasteiger partial charge is 0.425 e. The first-order valence-electron chi connectivity index (χ1n) is 9.85. The van der Waals surface area contributed by atoms with Crippen LogP contribution in [-0.2, 0) is 0 Å². The predicted molar refractivity (Wildman–Crippen MR) is 112 cm³/mol. The molecule has 0 aromatic heterocycles. The van der Waals surface area contributed by atoms with E-state index in [0.29, 0.717) is 26.1 Å². The Labute approximate surface area is 190 Å². The molecule has 1 aliphatic heterocycles. The van der Waals surface area contributed by atoms with Gasteiger partial charge in [-0.1, -0.05) is 17.7 Å². The van der Waals surface area contributed by atoms with Gasteiger partial charge in [0, 0.05) is 19.2 Å². The summed E-state index contributed by atoms with van der Waals surface area (Å²) >= 11 is 5.86. The maximum Gasteiger partial charge on any atom is 0.425 e. The van der Waals surface area contributed by atoms with Gasteiger partial charge in [-0.15, -0.1) is 0 Å². The summed E-state index contributed by atoms with van der Waals surface area (Å²) in [6.07, 6.45) is -5.62. The van der Waals surface area contributed by atoms with Gasteiger partial charge in [0.15, 0.2) is 6.10 Å². The molecule has 1 heterocycles. The molecule has 0 aliphatic carbocycles. The largest absolute Gasteiger partial charge is 0.480 e. The summed E-state index contributed by atoms with van der Waals surface area (Å²) in [5.41, 5.74) is -1.57. The number of likely N-dealkylation sites (tertiary alicyclic amines) is 1. The van der Waals surface area contributed by atoms with E-state index in [9.17, 15) is 31.5 Å². The number of rotatable bonds is 5.